The van der Waals surface area contributed by atoms with Crippen LogP contribution in [0.25, 0.3) is 0 Å². The second-order valence-corrected chi connectivity index (χ2v) is 2.39. The predicted octanol–water partition coefficient (Wildman–Crippen LogP) is -0.478. The first-order valence-electron chi connectivity index (χ1n) is 3.25. The number of hydrogen-bond donors (Lipinski definition) is 3. The van der Waals surface area contributed by atoms with Crippen LogP contribution in [-0.4, -0.2) is 31.0 Å². The van der Waals surface area contributed by atoms with Crippen LogP contribution in [0.4, 0.5) is 0 Å². The summed E-state index contributed by atoms with van der Waals surface area (Å²) in [5.41, 5.74) is 0. The molecule has 1 atom stereocenters. The van der Waals surface area contributed by atoms with Gasteiger partial charge in [0.25, 0.3) is 0 Å². The lowest BCUT2D eigenvalue weighted by Gasteiger charge is -2.14. The minimum atomic E-state index is -0.421. The molecule has 0 saturated heterocycles. The van der Waals surface area contributed by atoms with E-state index in [0.717, 1.165) is 0 Å². The van der Waals surface area contributed by atoms with Crippen LogP contribution in [0.15, 0.2) is 0 Å². The van der Waals surface area contributed by atoms with Crippen LogP contribution < -0.4 is 10.6 Å². The largest absolute Gasteiger partial charge is 0.377 e. The molecule has 3 nitrogen and oxygen atoms in total. The van der Waals surface area contributed by atoms with Crippen molar-refractivity contribution in [3.8, 4) is 0 Å². The third-order valence-electron chi connectivity index (χ3n) is 0.923. The Balaban J connectivity index is 3.15. The topological polar surface area (TPSA) is 44.3 Å². The maximum atomic E-state index is 9.05. The fraction of sp³-hybridized carbons (Fsp3) is 1.00. The summed E-state index contributed by atoms with van der Waals surface area (Å²) in [6.45, 7) is 4.59. The molecule has 0 bridgehead atoms. The third kappa shape index (κ3) is 5.76. The number of likely N-dealkylation sites (N-methyl/N-ethyl adjacent to an activating group) is 1. The summed E-state index contributed by atoms with van der Waals surface area (Å²) in [4.78, 5) is 0. The molecule has 0 aliphatic rings. The maximum absolute atomic E-state index is 9.05. The third-order valence-corrected chi connectivity index (χ3v) is 0.923. The fourth-order valence-corrected chi connectivity index (χ4v) is 0.637. The quantitative estimate of drug-likeness (QED) is 0.453. The summed E-state index contributed by atoms with van der Waals surface area (Å²) in [5.74, 6) is 0. The van der Waals surface area contributed by atoms with Crippen molar-refractivity contribution in [3.63, 3.8) is 0 Å². The Morgan fingerprint density at radius 1 is 1.44 bits per heavy atom. The molecule has 9 heavy (non-hydrogen) atoms. The van der Waals surface area contributed by atoms with Crippen LogP contribution in [0, 0.1) is 0 Å². The lowest BCUT2D eigenvalue weighted by atomic mass is 10.4. The number of rotatable bonds is 4. The first-order chi connectivity index (χ1) is 4.16. The van der Waals surface area contributed by atoms with Crippen LogP contribution in [0.1, 0.15) is 13.8 Å². The summed E-state index contributed by atoms with van der Waals surface area (Å²) in [7, 11) is 1.81. The Hall–Kier alpha value is -0.120. The van der Waals surface area contributed by atoms with E-state index in [4.69, 9.17) is 5.11 Å². The number of aliphatic hydroxyl groups is 1. The second-order valence-electron chi connectivity index (χ2n) is 2.39. The van der Waals surface area contributed by atoms with Gasteiger partial charge in [-0.3, -0.25) is 5.32 Å². The standard InChI is InChI=1S/C6H16N2O/c1-5(2)8-6(9)4-7-3/h5-9H,4H2,1-3H3. The van der Waals surface area contributed by atoms with Gasteiger partial charge < -0.3 is 10.4 Å². The zero-order valence-corrected chi connectivity index (χ0v) is 6.31. The van der Waals surface area contributed by atoms with Crippen LogP contribution in [0.3, 0.4) is 0 Å². The highest BCUT2D eigenvalue weighted by Crippen LogP contribution is 1.79. The Labute approximate surface area is 56.5 Å². The van der Waals surface area contributed by atoms with Gasteiger partial charge in [0.2, 0.25) is 0 Å². The average molecular weight is 132 g/mol. The zero-order valence-electron chi connectivity index (χ0n) is 6.31. The highest BCUT2D eigenvalue weighted by atomic mass is 16.3. The minimum absolute atomic E-state index is 0.341. The number of nitrogens with one attached hydrogen (secondary N) is 2. The van der Waals surface area contributed by atoms with E-state index in [0.29, 0.717) is 12.6 Å². The van der Waals surface area contributed by atoms with E-state index in [-0.39, 0.29) is 0 Å². The van der Waals surface area contributed by atoms with Gasteiger partial charge in [-0.05, 0) is 20.9 Å². The number of aliphatic hydroxyl groups excluding tert-OH is 1. The Morgan fingerprint density at radius 3 is 2.33 bits per heavy atom. The van der Waals surface area contributed by atoms with Crippen molar-refractivity contribution in [2.75, 3.05) is 13.6 Å². The summed E-state index contributed by atoms with van der Waals surface area (Å²) in [6, 6.07) is 0.341. The molecule has 1 unspecified atom stereocenters. The Morgan fingerprint density at radius 2 is 2.00 bits per heavy atom. The van der Waals surface area contributed by atoms with Crippen molar-refractivity contribution in [2.45, 2.75) is 26.1 Å². The van der Waals surface area contributed by atoms with Crippen molar-refractivity contribution in [1.29, 1.82) is 0 Å². The molecule has 0 aromatic heterocycles. The molecule has 0 saturated carbocycles. The fourth-order valence-electron chi connectivity index (χ4n) is 0.637. The Bertz CT molecular complexity index is 66.1. The van der Waals surface area contributed by atoms with E-state index in [1.807, 2.05) is 20.9 Å². The minimum Gasteiger partial charge on any atom is -0.377 e. The maximum Gasteiger partial charge on any atom is 0.117 e. The van der Waals surface area contributed by atoms with Gasteiger partial charge >= 0.3 is 0 Å². The molecule has 56 valence electrons. The summed E-state index contributed by atoms with van der Waals surface area (Å²) in [5, 5.41) is 14.8. The molecule has 3 N–H and O–H groups in total. The van der Waals surface area contributed by atoms with Gasteiger partial charge in [-0.2, -0.15) is 0 Å². The summed E-state index contributed by atoms with van der Waals surface area (Å²) in [6.07, 6.45) is -0.421. The molecular formula is C6H16N2O. The first kappa shape index (κ1) is 8.88. The van der Waals surface area contributed by atoms with E-state index in [1.165, 1.54) is 0 Å². The van der Waals surface area contributed by atoms with E-state index in [9.17, 15) is 0 Å². The molecule has 0 aromatic rings. The molecule has 0 heterocycles. The molecule has 3 heteroatoms. The van der Waals surface area contributed by atoms with Gasteiger partial charge in [0, 0.05) is 12.6 Å². The molecule has 0 aliphatic heterocycles. The van der Waals surface area contributed by atoms with Crippen molar-refractivity contribution >= 4 is 0 Å². The van der Waals surface area contributed by atoms with Crippen LogP contribution in [0.5, 0.6) is 0 Å². The van der Waals surface area contributed by atoms with Crippen molar-refractivity contribution < 1.29 is 5.11 Å². The van der Waals surface area contributed by atoms with Gasteiger partial charge in [-0.1, -0.05) is 0 Å². The van der Waals surface area contributed by atoms with Gasteiger partial charge in [-0.15, -0.1) is 0 Å². The van der Waals surface area contributed by atoms with Crippen molar-refractivity contribution in [1.82, 2.24) is 10.6 Å². The van der Waals surface area contributed by atoms with Gasteiger partial charge in [0.05, 0.1) is 0 Å². The molecule has 0 radical (unpaired) electrons. The lowest BCUT2D eigenvalue weighted by molar-refractivity contribution is 0.128. The smallest absolute Gasteiger partial charge is 0.117 e. The first-order valence-corrected chi connectivity index (χ1v) is 3.25. The predicted molar refractivity (Wildman–Crippen MR) is 38.2 cm³/mol. The Kier molecular flexibility index (Phi) is 4.67. The van der Waals surface area contributed by atoms with Crippen LogP contribution in [0.2, 0.25) is 0 Å². The highest BCUT2D eigenvalue weighted by molar-refractivity contribution is 4.58. The monoisotopic (exact) mass is 132 g/mol. The summed E-state index contributed by atoms with van der Waals surface area (Å²) >= 11 is 0. The highest BCUT2D eigenvalue weighted by Gasteiger charge is 2.01. The molecule has 0 fully saturated rings. The van der Waals surface area contributed by atoms with Crippen LogP contribution in [-0.2, 0) is 0 Å². The normalized spacial score (nSPS) is 14.3. The molecular weight excluding hydrogens is 116 g/mol. The van der Waals surface area contributed by atoms with Gasteiger partial charge in [-0.25, -0.2) is 0 Å². The van der Waals surface area contributed by atoms with Gasteiger partial charge in [0.1, 0.15) is 6.23 Å². The van der Waals surface area contributed by atoms with E-state index >= 15 is 0 Å². The van der Waals surface area contributed by atoms with Gasteiger partial charge in [0.15, 0.2) is 0 Å². The molecule has 0 aliphatic carbocycles. The van der Waals surface area contributed by atoms with E-state index in [2.05, 4.69) is 10.6 Å². The molecule has 0 aromatic carbocycles. The molecule has 0 spiro atoms. The second kappa shape index (κ2) is 4.73. The lowest BCUT2D eigenvalue weighted by Crippen LogP contribution is -2.40. The SMILES string of the molecule is CNCC(O)NC(C)C. The van der Waals surface area contributed by atoms with E-state index < -0.39 is 6.23 Å². The summed E-state index contributed by atoms with van der Waals surface area (Å²) < 4.78 is 0. The average Bonchev–Trinajstić information content (AvgIpc) is 1.63. The van der Waals surface area contributed by atoms with Crippen molar-refractivity contribution in [3.05, 3.63) is 0 Å². The molecule has 0 rings (SSSR count). The number of hydrogen-bond acceptors (Lipinski definition) is 3. The zero-order chi connectivity index (χ0) is 7.28. The molecule has 0 amide bonds. The van der Waals surface area contributed by atoms with E-state index in [1.54, 1.807) is 0 Å². The van der Waals surface area contributed by atoms with Crippen LogP contribution >= 0.6 is 0 Å². The van der Waals surface area contributed by atoms with Crippen molar-refractivity contribution in [2.24, 2.45) is 0 Å².